The van der Waals surface area contributed by atoms with Crippen LogP contribution in [-0.4, -0.2) is 21.6 Å². The van der Waals surface area contributed by atoms with Crippen molar-refractivity contribution in [1.29, 1.82) is 0 Å². The van der Waals surface area contributed by atoms with Gasteiger partial charge >= 0.3 is 0 Å². The van der Waals surface area contributed by atoms with Gasteiger partial charge in [-0.05, 0) is 43.5 Å². The van der Waals surface area contributed by atoms with Crippen LogP contribution < -0.4 is 5.32 Å². The molecule has 1 heterocycles. The molecule has 1 amide bonds. The molecule has 0 aliphatic carbocycles. The number of halogens is 1. The Morgan fingerprint density at radius 2 is 1.93 bits per heavy atom. The van der Waals surface area contributed by atoms with E-state index in [4.69, 9.17) is 11.6 Å². The fourth-order valence-corrected chi connectivity index (χ4v) is 3.99. The van der Waals surface area contributed by atoms with Crippen LogP contribution in [0.3, 0.4) is 0 Å². The van der Waals surface area contributed by atoms with Gasteiger partial charge in [0.2, 0.25) is 5.91 Å². The molecular weight excluding hydrogens is 378 g/mol. The van der Waals surface area contributed by atoms with Crippen LogP contribution in [0.15, 0.2) is 47.6 Å². The van der Waals surface area contributed by atoms with E-state index in [1.54, 1.807) is 0 Å². The molecule has 0 saturated carbocycles. The first kappa shape index (κ1) is 19.5. The average molecular weight is 400 g/mol. The first-order chi connectivity index (χ1) is 12.9. The molecule has 1 aromatic heterocycles. The van der Waals surface area contributed by atoms with Crippen LogP contribution in [0, 0.1) is 20.8 Å². The number of H-pyrrole nitrogens is 1. The van der Waals surface area contributed by atoms with Crippen molar-refractivity contribution >= 4 is 35.0 Å². The molecular formula is C21H22ClN3OS. The fourth-order valence-electron chi connectivity index (χ4n) is 2.88. The average Bonchev–Trinajstić information content (AvgIpc) is 2.97. The monoisotopic (exact) mass is 399 g/mol. The van der Waals surface area contributed by atoms with E-state index in [0.29, 0.717) is 10.7 Å². The Kier molecular flexibility index (Phi) is 6.24. The maximum absolute atomic E-state index is 12.3. The first-order valence-corrected chi connectivity index (χ1v) is 10.1. The van der Waals surface area contributed by atoms with Gasteiger partial charge in [-0.2, -0.15) is 0 Å². The van der Waals surface area contributed by atoms with Crippen molar-refractivity contribution < 1.29 is 4.79 Å². The molecule has 0 aliphatic heterocycles. The minimum atomic E-state index is -0.104. The SMILES string of the molecule is Cc1cc(C)c(NC(=O)CSc2nc(Cc3ccccc3)c(C)[nH]2)c(Cl)c1. The molecule has 0 spiro atoms. The Bertz CT molecular complexity index is 930. The molecule has 140 valence electrons. The number of carbonyl (C=O) groups excluding carboxylic acids is 1. The third-order valence-corrected chi connectivity index (χ3v) is 5.39. The molecule has 6 heteroatoms. The highest BCUT2D eigenvalue weighted by Gasteiger charge is 2.12. The number of aryl methyl sites for hydroxylation is 3. The number of hydrogen-bond donors (Lipinski definition) is 2. The van der Waals surface area contributed by atoms with E-state index in [2.05, 4.69) is 27.4 Å². The van der Waals surface area contributed by atoms with Crippen LogP contribution in [0.25, 0.3) is 0 Å². The number of anilines is 1. The molecule has 3 aromatic rings. The van der Waals surface area contributed by atoms with E-state index in [1.807, 2.05) is 51.1 Å². The Labute approximate surface area is 168 Å². The minimum Gasteiger partial charge on any atom is -0.337 e. The van der Waals surface area contributed by atoms with Crippen molar-refractivity contribution in [2.75, 3.05) is 11.1 Å². The van der Waals surface area contributed by atoms with Crippen LogP contribution in [0.2, 0.25) is 5.02 Å². The number of benzene rings is 2. The van der Waals surface area contributed by atoms with Crippen LogP contribution in [0.4, 0.5) is 5.69 Å². The predicted octanol–water partition coefficient (Wildman–Crippen LogP) is 5.31. The van der Waals surface area contributed by atoms with Crippen molar-refractivity contribution in [2.24, 2.45) is 0 Å². The molecule has 0 atom stereocenters. The van der Waals surface area contributed by atoms with E-state index >= 15 is 0 Å². The van der Waals surface area contributed by atoms with Gasteiger partial charge < -0.3 is 10.3 Å². The van der Waals surface area contributed by atoms with Gasteiger partial charge in [-0.15, -0.1) is 0 Å². The number of aromatic amines is 1. The van der Waals surface area contributed by atoms with Crippen molar-refractivity contribution in [3.8, 4) is 0 Å². The van der Waals surface area contributed by atoms with Gasteiger partial charge in [0.05, 0.1) is 22.2 Å². The number of aromatic nitrogens is 2. The molecule has 0 bridgehead atoms. The van der Waals surface area contributed by atoms with Crippen molar-refractivity contribution in [3.63, 3.8) is 0 Å². The molecule has 0 fully saturated rings. The molecule has 0 radical (unpaired) electrons. The lowest BCUT2D eigenvalue weighted by molar-refractivity contribution is -0.113. The summed E-state index contributed by atoms with van der Waals surface area (Å²) in [6, 6.07) is 14.1. The minimum absolute atomic E-state index is 0.104. The fraction of sp³-hybridized carbons (Fsp3) is 0.238. The summed E-state index contributed by atoms with van der Waals surface area (Å²) in [6.45, 7) is 5.92. The van der Waals surface area contributed by atoms with E-state index in [-0.39, 0.29) is 11.7 Å². The lowest BCUT2D eigenvalue weighted by atomic mass is 10.1. The standard InChI is InChI=1S/C21H22ClN3OS/c1-13-9-14(2)20(17(22)10-13)25-19(26)12-27-21-23-15(3)18(24-21)11-16-7-5-4-6-8-16/h4-10H,11-12H2,1-3H3,(H,23,24)(H,25,26). The Hall–Kier alpha value is -2.24. The molecule has 0 saturated heterocycles. The van der Waals surface area contributed by atoms with Gasteiger partial charge in [0.1, 0.15) is 0 Å². The van der Waals surface area contributed by atoms with Crippen molar-refractivity contribution in [1.82, 2.24) is 9.97 Å². The van der Waals surface area contributed by atoms with Crippen molar-refractivity contribution in [3.05, 3.63) is 75.6 Å². The summed E-state index contributed by atoms with van der Waals surface area (Å²) in [5.74, 6) is 0.161. The zero-order valence-corrected chi connectivity index (χ0v) is 17.2. The van der Waals surface area contributed by atoms with Gasteiger partial charge in [-0.25, -0.2) is 4.98 Å². The van der Waals surface area contributed by atoms with Gasteiger partial charge in [-0.1, -0.05) is 59.8 Å². The number of imidazole rings is 1. The highest BCUT2D eigenvalue weighted by atomic mass is 35.5. The Morgan fingerprint density at radius 3 is 2.63 bits per heavy atom. The third-order valence-electron chi connectivity index (χ3n) is 4.21. The van der Waals surface area contributed by atoms with Crippen LogP contribution >= 0.6 is 23.4 Å². The van der Waals surface area contributed by atoms with E-state index in [0.717, 1.165) is 34.1 Å². The molecule has 27 heavy (non-hydrogen) atoms. The van der Waals surface area contributed by atoms with E-state index in [9.17, 15) is 4.79 Å². The summed E-state index contributed by atoms with van der Waals surface area (Å²) < 4.78 is 0. The highest BCUT2D eigenvalue weighted by Crippen LogP contribution is 2.28. The predicted molar refractivity (Wildman–Crippen MR) is 113 cm³/mol. The Morgan fingerprint density at radius 1 is 1.19 bits per heavy atom. The number of carbonyl (C=O) groups is 1. The normalized spacial score (nSPS) is 10.8. The van der Waals surface area contributed by atoms with Crippen molar-refractivity contribution in [2.45, 2.75) is 32.3 Å². The second-order valence-corrected chi connectivity index (χ2v) is 7.92. The number of thioether (sulfide) groups is 1. The van der Waals surface area contributed by atoms with Gasteiger partial charge in [-0.3, -0.25) is 4.79 Å². The lowest BCUT2D eigenvalue weighted by Gasteiger charge is -2.11. The summed E-state index contributed by atoms with van der Waals surface area (Å²) >= 11 is 7.64. The summed E-state index contributed by atoms with van der Waals surface area (Å²) in [6.07, 6.45) is 0.772. The summed E-state index contributed by atoms with van der Waals surface area (Å²) in [5, 5.41) is 4.21. The smallest absolute Gasteiger partial charge is 0.234 e. The van der Waals surface area contributed by atoms with Crippen LogP contribution in [-0.2, 0) is 11.2 Å². The number of nitrogens with one attached hydrogen (secondary N) is 2. The molecule has 0 aliphatic rings. The summed E-state index contributed by atoms with van der Waals surface area (Å²) in [5.41, 5.74) is 5.94. The van der Waals surface area contributed by atoms with Gasteiger partial charge in [0, 0.05) is 12.1 Å². The number of rotatable bonds is 6. The molecule has 2 aromatic carbocycles. The third kappa shape index (κ3) is 5.15. The highest BCUT2D eigenvalue weighted by molar-refractivity contribution is 7.99. The lowest BCUT2D eigenvalue weighted by Crippen LogP contribution is -2.15. The Balaban J connectivity index is 1.60. The summed E-state index contributed by atoms with van der Waals surface area (Å²) in [4.78, 5) is 20.2. The second kappa shape index (κ2) is 8.63. The first-order valence-electron chi connectivity index (χ1n) is 8.71. The van der Waals surface area contributed by atoms with Gasteiger partial charge in [0.25, 0.3) is 0 Å². The van der Waals surface area contributed by atoms with Gasteiger partial charge in [0.15, 0.2) is 5.16 Å². The number of nitrogens with zero attached hydrogens (tertiary/aromatic N) is 1. The topological polar surface area (TPSA) is 57.8 Å². The maximum Gasteiger partial charge on any atom is 0.234 e. The molecule has 3 rings (SSSR count). The van der Waals surface area contributed by atoms with Crippen LogP contribution in [0.5, 0.6) is 0 Å². The van der Waals surface area contributed by atoms with Crippen LogP contribution in [0.1, 0.15) is 28.1 Å². The molecule has 2 N–H and O–H groups in total. The molecule has 0 unspecified atom stereocenters. The number of hydrogen-bond acceptors (Lipinski definition) is 3. The van der Waals surface area contributed by atoms with E-state index < -0.39 is 0 Å². The quantitative estimate of drug-likeness (QED) is 0.552. The maximum atomic E-state index is 12.3. The zero-order valence-electron chi connectivity index (χ0n) is 15.6. The zero-order chi connectivity index (χ0) is 19.4. The number of amides is 1. The molecule has 4 nitrogen and oxygen atoms in total. The summed E-state index contributed by atoms with van der Waals surface area (Å²) in [7, 11) is 0. The van der Waals surface area contributed by atoms with E-state index in [1.165, 1.54) is 17.3 Å². The largest absolute Gasteiger partial charge is 0.337 e. The second-order valence-electron chi connectivity index (χ2n) is 6.55.